The minimum atomic E-state index is -0.578. The van der Waals surface area contributed by atoms with Crippen LogP contribution in [0.4, 0.5) is 0 Å². The van der Waals surface area contributed by atoms with Crippen LogP contribution in [0.15, 0.2) is 42.6 Å². The van der Waals surface area contributed by atoms with E-state index in [0.717, 1.165) is 32.1 Å². The van der Waals surface area contributed by atoms with Gasteiger partial charge in [0.05, 0.1) is 12.7 Å². The highest BCUT2D eigenvalue weighted by Crippen LogP contribution is 2.29. The molecule has 182 valence electrons. The molecule has 2 amide bonds. The SMILES string of the molecule is COc1nc2[nH]cc(C(=O)C(=O)N3CCCC3)c2cc1C(=O)N1CCC(Cc2ccccc2)CC1. The molecule has 0 radical (unpaired) electrons. The monoisotopic (exact) mass is 474 g/mol. The number of piperidine rings is 1. The molecule has 0 aliphatic carbocycles. The Balaban J connectivity index is 1.34. The number of rotatable bonds is 6. The van der Waals surface area contributed by atoms with E-state index in [1.807, 2.05) is 11.0 Å². The first kappa shape index (κ1) is 23.1. The zero-order chi connectivity index (χ0) is 24.4. The molecule has 8 nitrogen and oxygen atoms in total. The van der Waals surface area contributed by atoms with Gasteiger partial charge in [0.2, 0.25) is 5.88 Å². The molecule has 1 N–H and O–H groups in total. The van der Waals surface area contributed by atoms with Gasteiger partial charge in [0.15, 0.2) is 0 Å². The molecule has 2 aliphatic heterocycles. The maximum Gasteiger partial charge on any atom is 0.295 e. The van der Waals surface area contributed by atoms with Crippen molar-refractivity contribution in [1.29, 1.82) is 0 Å². The van der Waals surface area contributed by atoms with Gasteiger partial charge in [-0.25, -0.2) is 0 Å². The fourth-order valence-corrected chi connectivity index (χ4v) is 5.16. The van der Waals surface area contributed by atoms with Crippen molar-refractivity contribution in [2.24, 2.45) is 5.92 Å². The number of likely N-dealkylation sites (tertiary alicyclic amines) is 2. The van der Waals surface area contributed by atoms with Crippen molar-refractivity contribution in [3.05, 3.63) is 59.3 Å². The zero-order valence-corrected chi connectivity index (χ0v) is 20.0. The van der Waals surface area contributed by atoms with Gasteiger partial charge in [-0.05, 0) is 49.7 Å². The van der Waals surface area contributed by atoms with Crippen LogP contribution in [0.25, 0.3) is 11.0 Å². The lowest BCUT2D eigenvalue weighted by molar-refractivity contribution is -0.125. The number of nitrogens with one attached hydrogen (secondary N) is 1. The lowest BCUT2D eigenvalue weighted by Crippen LogP contribution is -2.39. The van der Waals surface area contributed by atoms with Gasteiger partial charge in [-0.3, -0.25) is 14.4 Å². The number of pyridine rings is 1. The van der Waals surface area contributed by atoms with E-state index in [2.05, 4.69) is 34.2 Å². The molecule has 4 heterocycles. The number of fused-ring (bicyclic) bond motifs is 1. The number of carbonyl (C=O) groups excluding carboxylic acids is 3. The predicted molar refractivity (Wildman–Crippen MR) is 132 cm³/mol. The van der Waals surface area contributed by atoms with E-state index in [0.29, 0.717) is 48.7 Å². The molecule has 0 atom stereocenters. The molecule has 0 unspecified atom stereocenters. The molecule has 5 rings (SSSR count). The normalized spacial score (nSPS) is 16.6. The smallest absolute Gasteiger partial charge is 0.295 e. The van der Waals surface area contributed by atoms with E-state index >= 15 is 0 Å². The molecule has 35 heavy (non-hydrogen) atoms. The largest absolute Gasteiger partial charge is 0.480 e. The molecule has 2 aliphatic rings. The molecule has 8 heteroatoms. The number of Topliss-reactive ketones (excluding diaryl/α,β-unsaturated/α-hetero) is 1. The lowest BCUT2D eigenvalue weighted by atomic mass is 9.90. The summed E-state index contributed by atoms with van der Waals surface area (Å²) in [6, 6.07) is 12.1. The average Bonchev–Trinajstić information content (AvgIpc) is 3.58. The Bertz CT molecular complexity index is 1240. The number of aromatic nitrogens is 2. The fraction of sp³-hybridized carbons (Fsp3) is 0.407. The standard InChI is InChI=1S/C27H30N4O4/c1-35-25-21(26(33)31-13-9-19(10-14-31)15-18-7-3-2-4-8-18)16-20-22(17-28-24(20)29-25)23(32)27(34)30-11-5-6-12-30/h2-4,7-8,16-17,19H,5-6,9-15H2,1H3,(H,28,29). The molecule has 2 saturated heterocycles. The first-order valence-electron chi connectivity index (χ1n) is 12.3. The Morgan fingerprint density at radius 1 is 1.00 bits per heavy atom. The molecule has 2 fully saturated rings. The van der Waals surface area contributed by atoms with Crippen molar-refractivity contribution >= 4 is 28.6 Å². The number of nitrogens with zero attached hydrogens (tertiary/aromatic N) is 3. The topological polar surface area (TPSA) is 95.6 Å². The number of amides is 2. The number of methoxy groups -OCH3 is 1. The number of ketones is 1. The molecule has 0 bridgehead atoms. The maximum absolute atomic E-state index is 13.5. The number of ether oxygens (including phenoxy) is 1. The maximum atomic E-state index is 13.5. The highest BCUT2D eigenvalue weighted by molar-refractivity contribution is 6.44. The van der Waals surface area contributed by atoms with Gasteiger partial charge in [0.1, 0.15) is 11.2 Å². The van der Waals surface area contributed by atoms with E-state index in [1.165, 1.54) is 18.9 Å². The molecular weight excluding hydrogens is 444 g/mol. The van der Waals surface area contributed by atoms with Gasteiger partial charge < -0.3 is 19.5 Å². The number of aromatic amines is 1. The minimum Gasteiger partial charge on any atom is -0.480 e. The number of hydrogen-bond donors (Lipinski definition) is 1. The number of hydrogen-bond acceptors (Lipinski definition) is 5. The van der Waals surface area contributed by atoms with Crippen molar-refractivity contribution in [3.63, 3.8) is 0 Å². The zero-order valence-electron chi connectivity index (χ0n) is 20.0. The Morgan fingerprint density at radius 2 is 1.71 bits per heavy atom. The highest BCUT2D eigenvalue weighted by Gasteiger charge is 2.30. The summed E-state index contributed by atoms with van der Waals surface area (Å²) >= 11 is 0. The third kappa shape index (κ3) is 4.65. The van der Waals surface area contributed by atoms with Gasteiger partial charge in [0.25, 0.3) is 17.6 Å². The number of H-pyrrole nitrogens is 1. The summed E-state index contributed by atoms with van der Waals surface area (Å²) in [5.41, 5.74) is 2.28. The predicted octanol–water partition coefficient (Wildman–Crippen LogP) is 3.47. The summed E-state index contributed by atoms with van der Waals surface area (Å²) in [4.78, 5) is 49.9. The van der Waals surface area contributed by atoms with E-state index in [4.69, 9.17) is 4.74 Å². The van der Waals surface area contributed by atoms with Gasteiger partial charge in [0, 0.05) is 37.8 Å². The highest BCUT2D eigenvalue weighted by atomic mass is 16.5. The Kier molecular flexibility index (Phi) is 6.53. The van der Waals surface area contributed by atoms with Crippen LogP contribution in [0.1, 0.15) is 52.0 Å². The molecule has 1 aromatic carbocycles. The van der Waals surface area contributed by atoms with Gasteiger partial charge in [-0.1, -0.05) is 30.3 Å². The van der Waals surface area contributed by atoms with Gasteiger partial charge >= 0.3 is 0 Å². The van der Waals surface area contributed by atoms with Crippen LogP contribution < -0.4 is 4.74 Å². The first-order valence-corrected chi connectivity index (χ1v) is 12.3. The van der Waals surface area contributed by atoms with E-state index in [-0.39, 0.29) is 17.4 Å². The third-order valence-corrected chi connectivity index (χ3v) is 7.16. The average molecular weight is 475 g/mol. The van der Waals surface area contributed by atoms with Crippen LogP contribution >= 0.6 is 0 Å². The minimum absolute atomic E-state index is 0.167. The van der Waals surface area contributed by atoms with Gasteiger partial charge in [-0.15, -0.1) is 0 Å². The number of carbonyl (C=O) groups is 3. The fourth-order valence-electron chi connectivity index (χ4n) is 5.16. The van der Waals surface area contributed by atoms with E-state index < -0.39 is 11.7 Å². The first-order chi connectivity index (χ1) is 17.0. The van der Waals surface area contributed by atoms with E-state index in [1.54, 1.807) is 11.0 Å². The molecule has 0 saturated carbocycles. The second-order valence-electron chi connectivity index (χ2n) is 9.40. The van der Waals surface area contributed by atoms with Crippen molar-refractivity contribution in [2.75, 3.05) is 33.3 Å². The summed E-state index contributed by atoms with van der Waals surface area (Å²) in [6.45, 7) is 2.51. The second kappa shape index (κ2) is 9.90. The van der Waals surface area contributed by atoms with Crippen molar-refractivity contribution in [2.45, 2.75) is 32.1 Å². The molecule has 2 aromatic heterocycles. The second-order valence-corrected chi connectivity index (χ2v) is 9.40. The Labute approximate surface area is 204 Å². The van der Waals surface area contributed by atoms with Gasteiger partial charge in [-0.2, -0.15) is 4.98 Å². The summed E-state index contributed by atoms with van der Waals surface area (Å²) in [6.07, 6.45) is 6.18. The lowest BCUT2D eigenvalue weighted by Gasteiger charge is -2.32. The van der Waals surface area contributed by atoms with Crippen LogP contribution in [-0.2, 0) is 11.2 Å². The molecular formula is C27H30N4O4. The van der Waals surface area contributed by atoms with Crippen molar-refractivity contribution in [1.82, 2.24) is 19.8 Å². The summed E-state index contributed by atoms with van der Waals surface area (Å²) < 4.78 is 5.43. The van der Waals surface area contributed by atoms with Crippen LogP contribution in [0.3, 0.4) is 0 Å². The summed E-state index contributed by atoms with van der Waals surface area (Å²) in [5.74, 6) is -0.507. The number of benzene rings is 1. The van der Waals surface area contributed by atoms with Crippen LogP contribution in [0, 0.1) is 5.92 Å². The van der Waals surface area contributed by atoms with Crippen LogP contribution in [-0.4, -0.2) is 70.7 Å². The molecule has 0 spiro atoms. The van der Waals surface area contributed by atoms with Crippen LogP contribution in [0.5, 0.6) is 5.88 Å². The van der Waals surface area contributed by atoms with E-state index in [9.17, 15) is 14.4 Å². The summed E-state index contributed by atoms with van der Waals surface area (Å²) in [5, 5.41) is 0.464. The van der Waals surface area contributed by atoms with Crippen LogP contribution in [0.2, 0.25) is 0 Å². The Morgan fingerprint density at radius 3 is 2.40 bits per heavy atom. The Hall–Kier alpha value is -3.68. The molecule has 3 aromatic rings. The van der Waals surface area contributed by atoms with Crippen molar-refractivity contribution < 1.29 is 19.1 Å². The van der Waals surface area contributed by atoms with Crippen molar-refractivity contribution in [3.8, 4) is 5.88 Å². The summed E-state index contributed by atoms with van der Waals surface area (Å²) in [7, 11) is 1.48. The third-order valence-electron chi connectivity index (χ3n) is 7.16. The quantitative estimate of drug-likeness (QED) is 0.436.